The quantitative estimate of drug-likeness (QED) is 0.487. The van der Waals surface area contributed by atoms with Crippen molar-refractivity contribution in [2.45, 2.75) is 33.7 Å². The summed E-state index contributed by atoms with van der Waals surface area (Å²) >= 11 is 0. The SMILES string of the molecule is CC(C)NCCOCCNCCOCC(=O)C(C)C. The molecule has 114 valence electrons. The summed E-state index contributed by atoms with van der Waals surface area (Å²) in [7, 11) is 0. The largest absolute Gasteiger partial charge is 0.379 e. The van der Waals surface area contributed by atoms with Crippen molar-refractivity contribution in [1.82, 2.24) is 10.6 Å². The predicted molar refractivity (Wildman–Crippen MR) is 77.5 cm³/mol. The number of nitrogens with one attached hydrogen (secondary N) is 2. The van der Waals surface area contributed by atoms with E-state index in [2.05, 4.69) is 24.5 Å². The molecule has 0 saturated carbocycles. The minimum Gasteiger partial charge on any atom is -0.379 e. The van der Waals surface area contributed by atoms with Crippen molar-refractivity contribution in [2.75, 3.05) is 46.1 Å². The number of carbonyl (C=O) groups is 1. The van der Waals surface area contributed by atoms with Crippen molar-refractivity contribution in [3.8, 4) is 0 Å². The molecule has 0 aromatic heterocycles. The fraction of sp³-hybridized carbons (Fsp3) is 0.929. The lowest BCUT2D eigenvalue weighted by atomic mass is 10.1. The summed E-state index contributed by atoms with van der Waals surface area (Å²) in [6.07, 6.45) is 0. The van der Waals surface area contributed by atoms with Gasteiger partial charge in [0.1, 0.15) is 6.61 Å². The Bertz CT molecular complexity index is 221. The lowest BCUT2D eigenvalue weighted by Gasteiger charge is -2.09. The smallest absolute Gasteiger partial charge is 0.160 e. The molecule has 0 unspecified atom stereocenters. The van der Waals surface area contributed by atoms with Gasteiger partial charge in [0.2, 0.25) is 0 Å². The van der Waals surface area contributed by atoms with Crippen LogP contribution in [-0.4, -0.2) is 57.9 Å². The van der Waals surface area contributed by atoms with Crippen molar-refractivity contribution in [2.24, 2.45) is 5.92 Å². The molecule has 19 heavy (non-hydrogen) atoms. The summed E-state index contributed by atoms with van der Waals surface area (Å²) in [6, 6.07) is 0.507. The van der Waals surface area contributed by atoms with Gasteiger partial charge >= 0.3 is 0 Å². The van der Waals surface area contributed by atoms with Crippen LogP contribution in [0.3, 0.4) is 0 Å². The zero-order chi connectivity index (χ0) is 14.5. The van der Waals surface area contributed by atoms with Gasteiger partial charge in [0.15, 0.2) is 5.78 Å². The number of Topliss-reactive ketones (excluding diaryl/α,β-unsaturated/α-hetero) is 1. The highest BCUT2D eigenvalue weighted by atomic mass is 16.5. The topological polar surface area (TPSA) is 59.6 Å². The van der Waals surface area contributed by atoms with Crippen LogP contribution in [0.2, 0.25) is 0 Å². The Kier molecular flexibility index (Phi) is 12.2. The van der Waals surface area contributed by atoms with Gasteiger partial charge in [-0.3, -0.25) is 4.79 Å². The van der Waals surface area contributed by atoms with Crippen LogP contribution >= 0.6 is 0 Å². The molecule has 0 bridgehead atoms. The first kappa shape index (κ1) is 18.5. The normalized spacial score (nSPS) is 11.5. The zero-order valence-corrected chi connectivity index (χ0v) is 12.8. The van der Waals surface area contributed by atoms with Crippen LogP contribution in [0, 0.1) is 5.92 Å². The lowest BCUT2D eigenvalue weighted by molar-refractivity contribution is -0.126. The Hall–Kier alpha value is -0.490. The van der Waals surface area contributed by atoms with Gasteiger partial charge in [-0.25, -0.2) is 0 Å². The molecule has 0 amide bonds. The Morgan fingerprint density at radius 2 is 1.53 bits per heavy atom. The minimum atomic E-state index is 0.0563. The van der Waals surface area contributed by atoms with Gasteiger partial charge in [-0.15, -0.1) is 0 Å². The number of rotatable bonds is 13. The van der Waals surface area contributed by atoms with Crippen LogP contribution in [0.4, 0.5) is 0 Å². The number of hydrogen-bond acceptors (Lipinski definition) is 5. The second-order valence-electron chi connectivity index (χ2n) is 5.14. The van der Waals surface area contributed by atoms with Gasteiger partial charge in [-0.05, 0) is 0 Å². The molecule has 0 atom stereocenters. The van der Waals surface area contributed by atoms with Crippen molar-refractivity contribution < 1.29 is 14.3 Å². The molecule has 0 rings (SSSR count). The van der Waals surface area contributed by atoms with E-state index < -0.39 is 0 Å². The summed E-state index contributed by atoms with van der Waals surface area (Å²) in [5.74, 6) is 0.210. The third-order valence-corrected chi connectivity index (χ3v) is 2.53. The maximum absolute atomic E-state index is 11.3. The maximum atomic E-state index is 11.3. The van der Waals surface area contributed by atoms with E-state index in [4.69, 9.17) is 9.47 Å². The summed E-state index contributed by atoms with van der Waals surface area (Å²) in [5, 5.41) is 6.49. The number of carbonyl (C=O) groups excluding carboxylic acids is 1. The van der Waals surface area contributed by atoms with E-state index in [0.29, 0.717) is 19.3 Å². The lowest BCUT2D eigenvalue weighted by Crippen LogP contribution is -2.29. The fourth-order valence-electron chi connectivity index (χ4n) is 1.27. The van der Waals surface area contributed by atoms with E-state index in [1.165, 1.54) is 0 Å². The average Bonchev–Trinajstić information content (AvgIpc) is 2.35. The Morgan fingerprint density at radius 3 is 2.11 bits per heavy atom. The van der Waals surface area contributed by atoms with Gasteiger partial charge in [0.05, 0.1) is 19.8 Å². The van der Waals surface area contributed by atoms with Gasteiger partial charge in [0, 0.05) is 31.6 Å². The monoisotopic (exact) mass is 274 g/mol. The third-order valence-electron chi connectivity index (χ3n) is 2.53. The molecule has 0 saturated heterocycles. The summed E-state index contributed by atoms with van der Waals surface area (Å²) in [4.78, 5) is 11.3. The van der Waals surface area contributed by atoms with E-state index in [1.807, 2.05) is 13.8 Å². The van der Waals surface area contributed by atoms with Crippen LogP contribution in [0.25, 0.3) is 0 Å². The molecule has 2 N–H and O–H groups in total. The molecule has 0 aromatic carbocycles. The molecule has 0 aromatic rings. The first-order valence-corrected chi connectivity index (χ1v) is 7.16. The molecule has 0 heterocycles. The summed E-state index contributed by atoms with van der Waals surface area (Å²) < 4.78 is 10.7. The highest BCUT2D eigenvalue weighted by Gasteiger charge is 2.05. The molecule has 0 aliphatic heterocycles. The summed E-state index contributed by atoms with van der Waals surface area (Å²) in [5.41, 5.74) is 0. The first-order chi connectivity index (χ1) is 9.04. The molecule has 0 aliphatic carbocycles. The zero-order valence-electron chi connectivity index (χ0n) is 12.8. The molecular formula is C14H30N2O3. The van der Waals surface area contributed by atoms with Crippen LogP contribution in [0.1, 0.15) is 27.7 Å². The van der Waals surface area contributed by atoms with E-state index in [0.717, 1.165) is 26.2 Å². The first-order valence-electron chi connectivity index (χ1n) is 7.16. The van der Waals surface area contributed by atoms with Gasteiger partial charge in [-0.2, -0.15) is 0 Å². The van der Waals surface area contributed by atoms with Crippen molar-refractivity contribution in [3.05, 3.63) is 0 Å². The second-order valence-corrected chi connectivity index (χ2v) is 5.14. The standard InChI is InChI=1S/C14H30N2O3/c1-12(2)14(17)11-19-9-6-15-5-8-18-10-7-16-13(3)4/h12-13,15-16H,5-11H2,1-4H3. The third kappa shape index (κ3) is 13.7. The molecule has 0 aliphatic rings. The number of ketones is 1. The maximum Gasteiger partial charge on any atom is 0.160 e. The molecule has 0 radical (unpaired) electrons. The van der Waals surface area contributed by atoms with Crippen molar-refractivity contribution in [3.63, 3.8) is 0 Å². The van der Waals surface area contributed by atoms with Crippen molar-refractivity contribution >= 4 is 5.78 Å². The Balaban J connectivity index is 3.09. The van der Waals surface area contributed by atoms with E-state index in [1.54, 1.807) is 0 Å². The second kappa shape index (κ2) is 12.5. The van der Waals surface area contributed by atoms with Crippen LogP contribution in [-0.2, 0) is 14.3 Å². The van der Waals surface area contributed by atoms with Gasteiger partial charge < -0.3 is 20.1 Å². The van der Waals surface area contributed by atoms with Crippen molar-refractivity contribution in [1.29, 1.82) is 0 Å². The predicted octanol–water partition coefficient (Wildman–Crippen LogP) is 0.832. The van der Waals surface area contributed by atoms with Gasteiger partial charge in [-0.1, -0.05) is 27.7 Å². The molecule has 0 spiro atoms. The van der Waals surface area contributed by atoms with E-state index >= 15 is 0 Å². The summed E-state index contributed by atoms with van der Waals surface area (Å²) in [6.45, 7) is 12.7. The van der Waals surface area contributed by atoms with Gasteiger partial charge in [0.25, 0.3) is 0 Å². The molecule has 5 nitrogen and oxygen atoms in total. The minimum absolute atomic E-state index is 0.0563. The van der Waals surface area contributed by atoms with E-state index in [-0.39, 0.29) is 18.3 Å². The average molecular weight is 274 g/mol. The highest BCUT2D eigenvalue weighted by molar-refractivity contribution is 5.81. The van der Waals surface area contributed by atoms with Crippen LogP contribution in [0.15, 0.2) is 0 Å². The molecular weight excluding hydrogens is 244 g/mol. The fourth-order valence-corrected chi connectivity index (χ4v) is 1.27. The molecule has 0 fully saturated rings. The van der Waals surface area contributed by atoms with Crippen LogP contribution in [0.5, 0.6) is 0 Å². The van der Waals surface area contributed by atoms with E-state index in [9.17, 15) is 4.79 Å². The molecule has 5 heteroatoms. The highest BCUT2D eigenvalue weighted by Crippen LogP contribution is 1.93. The number of hydrogen-bond donors (Lipinski definition) is 2. The Morgan fingerprint density at radius 1 is 0.947 bits per heavy atom. The van der Waals surface area contributed by atoms with Crippen LogP contribution < -0.4 is 10.6 Å². The number of ether oxygens (including phenoxy) is 2. The Labute approximate surface area is 117 Å².